The number of hydrogen-bond donors (Lipinski definition) is 1. The molecule has 2 heterocycles. The van der Waals surface area contributed by atoms with Crippen LogP contribution in [0.2, 0.25) is 0 Å². The zero-order valence-electron chi connectivity index (χ0n) is 20.7. The lowest BCUT2D eigenvalue weighted by atomic mass is 9.95. The number of amides is 1. The number of rotatable bonds is 9. The first-order valence-electron chi connectivity index (χ1n) is 12.2. The van der Waals surface area contributed by atoms with Crippen LogP contribution in [0.15, 0.2) is 60.7 Å². The van der Waals surface area contributed by atoms with Crippen molar-refractivity contribution < 1.29 is 38.0 Å². The Hall–Kier alpha value is -2.82. The summed E-state index contributed by atoms with van der Waals surface area (Å²) in [5, 5.41) is 2.90. The van der Waals surface area contributed by atoms with Crippen LogP contribution in [-0.2, 0) is 44.6 Å². The maximum Gasteiger partial charge on any atom is 0.334 e. The summed E-state index contributed by atoms with van der Waals surface area (Å²) < 4.78 is 36.0. The Kier molecular flexibility index (Phi) is 9.06. The van der Waals surface area contributed by atoms with Gasteiger partial charge in [0.2, 0.25) is 5.91 Å². The minimum Gasteiger partial charge on any atom is -0.464 e. The molecule has 4 unspecified atom stereocenters. The number of esters is 1. The van der Waals surface area contributed by atoms with Crippen molar-refractivity contribution >= 4 is 11.9 Å². The van der Waals surface area contributed by atoms with E-state index in [9.17, 15) is 9.59 Å². The highest BCUT2D eigenvalue weighted by Crippen LogP contribution is 2.36. The highest BCUT2D eigenvalue weighted by Gasteiger charge is 2.52. The Morgan fingerprint density at radius 1 is 1.06 bits per heavy atom. The number of nitrogens with one attached hydrogen (secondary N) is 1. The van der Waals surface area contributed by atoms with Crippen molar-refractivity contribution in [1.82, 2.24) is 5.32 Å². The lowest BCUT2D eigenvalue weighted by molar-refractivity contribution is -0.352. The van der Waals surface area contributed by atoms with E-state index in [0.717, 1.165) is 11.1 Å². The van der Waals surface area contributed by atoms with Crippen LogP contribution in [0.3, 0.4) is 0 Å². The number of carbonyl (C=O) groups is 2. The fraction of sp³-hybridized carbons (Fsp3) is 0.481. The molecule has 36 heavy (non-hydrogen) atoms. The van der Waals surface area contributed by atoms with E-state index in [-0.39, 0.29) is 25.7 Å². The topological polar surface area (TPSA) is 102 Å². The largest absolute Gasteiger partial charge is 0.464 e. The molecule has 1 N–H and O–H groups in total. The number of ether oxygens (including phenoxy) is 6. The first kappa shape index (κ1) is 26.2. The first-order chi connectivity index (χ1) is 17.5. The van der Waals surface area contributed by atoms with Crippen molar-refractivity contribution in [3.8, 4) is 0 Å². The molecular formula is C27H33NO8. The van der Waals surface area contributed by atoms with E-state index in [1.807, 2.05) is 60.7 Å². The second-order valence-electron chi connectivity index (χ2n) is 8.74. The molecule has 0 aromatic heterocycles. The van der Waals surface area contributed by atoms with Crippen LogP contribution in [0, 0.1) is 0 Å². The van der Waals surface area contributed by atoms with Gasteiger partial charge in [-0.05, 0) is 19.4 Å². The average Bonchev–Trinajstić information content (AvgIpc) is 2.89. The zero-order valence-corrected chi connectivity index (χ0v) is 20.7. The van der Waals surface area contributed by atoms with Gasteiger partial charge in [-0.1, -0.05) is 60.7 Å². The summed E-state index contributed by atoms with van der Waals surface area (Å²) in [6, 6.07) is 18.4. The van der Waals surface area contributed by atoms with Crippen LogP contribution in [0.5, 0.6) is 0 Å². The standard InChI is InChI=1S/C27H33NO8/c1-4-31-25(30)17(2)34-24-22(28-18(3)29)27(32-15-19-11-7-5-8-12-19)35-21-16-33-26(36-23(21)24)20-13-9-6-10-14-20/h5-14,17,21-24,26-27H,4,15-16H2,1-3H3,(H,28,29)/t17-,21?,22?,23+,24?,26?,27-/m0/s1. The molecule has 0 aliphatic carbocycles. The van der Waals surface area contributed by atoms with E-state index >= 15 is 0 Å². The van der Waals surface area contributed by atoms with Gasteiger partial charge in [0, 0.05) is 12.5 Å². The molecule has 2 saturated heterocycles. The molecule has 4 rings (SSSR count). The van der Waals surface area contributed by atoms with Crippen LogP contribution >= 0.6 is 0 Å². The molecule has 2 aromatic carbocycles. The minimum atomic E-state index is -0.902. The third-order valence-corrected chi connectivity index (χ3v) is 6.02. The van der Waals surface area contributed by atoms with Crippen LogP contribution in [-0.4, -0.2) is 61.8 Å². The van der Waals surface area contributed by atoms with E-state index in [0.29, 0.717) is 0 Å². The molecule has 1 amide bonds. The van der Waals surface area contributed by atoms with Crippen LogP contribution in [0.4, 0.5) is 0 Å². The van der Waals surface area contributed by atoms with Crippen molar-refractivity contribution in [3.63, 3.8) is 0 Å². The minimum absolute atomic E-state index is 0.218. The van der Waals surface area contributed by atoms with Gasteiger partial charge in [-0.15, -0.1) is 0 Å². The molecule has 0 saturated carbocycles. The molecule has 9 heteroatoms. The third-order valence-electron chi connectivity index (χ3n) is 6.02. The van der Waals surface area contributed by atoms with Gasteiger partial charge in [0.1, 0.15) is 24.4 Å². The Morgan fingerprint density at radius 3 is 2.42 bits per heavy atom. The van der Waals surface area contributed by atoms with Crippen molar-refractivity contribution in [2.75, 3.05) is 13.2 Å². The summed E-state index contributed by atoms with van der Waals surface area (Å²) in [5.41, 5.74) is 1.79. The van der Waals surface area contributed by atoms with Crippen LogP contribution in [0.1, 0.15) is 38.2 Å². The fourth-order valence-electron chi connectivity index (χ4n) is 4.35. The Bertz CT molecular complexity index is 988. The van der Waals surface area contributed by atoms with Gasteiger partial charge in [0.15, 0.2) is 18.7 Å². The summed E-state index contributed by atoms with van der Waals surface area (Å²) >= 11 is 0. The lowest BCUT2D eigenvalue weighted by Gasteiger charge is -2.49. The molecule has 0 bridgehead atoms. The summed E-state index contributed by atoms with van der Waals surface area (Å²) in [5.74, 6) is -0.796. The zero-order chi connectivity index (χ0) is 25.5. The van der Waals surface area contributed by atoms with Crippen molar-refractivity contribution in [2.45, 2.75) is 70.4 Å². The average molecular weight is 500 g/mol. The van der Waals surface area contributed by atoms with Gasteiger partial charge in [0.25, 0.3) is 0 Å². The molecule has 2 aromatic rings. The number of fused-ring (bicyclic) bond motifs is 1. The SMILES string of the molecule is CCOC(=O)[C@H](C)OC1C(NC(C)=O)[C@@H](OCc2ccccc2)OC2COC(c3ccccc3)O[C@H]21. The first-order valence-corrected chi connectivity index (χ1v) is 12.2. The smallest absolute Gasteiger partial charge is 0.334 e. The number of benzene rings is 2. The molecule has 2 fully saturated rings. The van der Waals surface area contributed by atoms with E-state index in [4.69, 9.17) is 28.4 Å². The molecule has 2 aliphatic heterocycles. The van der Waals surface area contributed by atoms with Crippen molar-refractivity contribution in [2.24, 2.45) is 0 Å². The van der Waals surface area contributed by atoms with Gasteiger partial charge in [-0.25, -0.2) is 4.79 Å². The number of carbonyl (C=O) groups excluding carboxylic acids is 2. The fourth-order valence-corrected chi connectivity index (χ4v) is 4.35. The summed E-state index contributed by atoms with van der Waals surface area (Å²) in [4.78, 5) is 24.6. The predicted octanol–water partition coefficient (Wildman–Crippen LogP) is 2.88. The maximum absolute atomic E-state index is 12.4. The van der Waals surface area contributed by atoms with Gasteiger partial charge in [-0.3, -0.25) is 4.79 Å². The van der Waals surface area contributed by atoms with E-state index in [2.05, 4.69) is 5.32 Å². The predicted molar refractivity (Wildman–Crippen MR) is 128 cm³/mol. The molecule has 7 atom stereocenters. The van der Waals surface area contributed by atoms with Gasteiger partial charge >= 0.3 is 5.97 Å². The molecule has 0 spiro atoms. The molecule has 0 radical (unpaired) electrons. The Morgan fingerprint density at radius 2 is 1.75 bits per heavy atom. The highest BCUT2D eigenvalue weighted by atomic mass is 16.8. The van der Waals surface area contributed by atoms with Gasteiger partial charge in [-0.2, -0.15) is 0 Å². The molecule has 194 valence electrons. The second-order valence-corrected chi connectivity index (χ2v) is 8.74. The third kappa shape index (κ3) is 6.48. The van der Waals surface area contributed by atoms with E-state index < -0.39 is 49.0 Å². The van der Waals surface area contributed by atoms with E-state index in [1.54, 1.807) is 13.8 Å². The summed E-state index contributed by atoms with van der Waals surface area (Å²) in [6.07, 6.45) is -4.39. The van der Waals surface area contributed by atoms with Gasteiger partial charge < -0.3 is 33.7 Å². The van der Waals surface area contributed by atoms with Gasteiger partial charge in [0.05, 0.1) is 19.8 Å². The summed E-state index contributed by atoms with van der Waals surface area (Å²) in [6.45, 7) is 5.45. The molecule has 9 nitrogen and oxygen atoms in total. The number of hydrogen-bond acceptors (Lipinski definition) is 8. The summed E-state index contributed by atoms with van der Waals surface area (Å²) in [7, 11) is 0. The molecule has 2 aliphatic rings. The Balaban J connectivity index is 1.60. The lowest BCUT2D eigenvalue weighted by Crippen LogP contribution is -2.68. The van der Waals surface area contributed by atoms with Crippen molar-refractivity contribution in [3.05, 3.63) is 71.8 Å². The monoisotopic (exact) mass is 499 g/mol. The van der Waals surface area contributed by atoms with Crippen LogP contribution < -0.4 is 5.32 Å². The normalized spacial score (nSPS) is 28.5. The Labute approximate surface area is 211 Å². The molecular weight excluding hydrogens is 466 g/mol. The van der Waals surface area contributed by atoms with Crippen molar-refractivity contribution in [1.29, 1.82) is 0 Å². The second kappa shape index (κ2) is 12.4. The van der Waals surface area contributed by atoms with E-state index in [1.165, 1.54) is 6.92 Å². The maximum atomic E-state index is 12.4. The van der Waals surface area contributed by atoms with Crippen LogP contribution in [0.25, 0.3) is 0 Å². The highest BCUT2D eigenvalue weighted by molar-refractivity contribution is 5.74. The quantitative estimate of drug-likeness (QED) is 0.526.